The summed E-state index contributed by atoms with van der Waals surface area (Å²) in [7, 11) is 0. The van der Waals surface area contributed by atoms with Crippen LogP contribution < -0.4 is 10.9 Å². The Kier molecular flexibility index (Phi) is 5.51. The fourth-order valence-electron chi connectivity index (χ4n) is 5.03. The molecule has 6 nitrogen and oxygen atoms in total. The van der Waals surface area contributed by atoms with E-state index in [4.69, 9.17) is 0 Å². The SMILES string of the molecule is CSCC(=O)Nc1ccc2n(c1=O)C[C@@H]1C[C@@H]2CN(C(=O)c2ccc3ccccc3c2)C1. The first-order valence-corrected chi connectivity index (χ1v) is 12.2. The van der Waals surface area contributed by atoms with Gasteiger partial charge in [0.1, 0.15) is 5.69 Å². The van der Waals surface area contributed by atoms with Gasteiger partial charge >= 0.3 is 0 Å². The van der Waals surface area contributed by atoms with Crippen molar-refractivity contribution in [2.75, 3.05) is 30.4 Å². The van der Waals surface area contributed by atoms with E-state index in [2.05, 4.69) is 5.32 Å². The van der Waals surface area contributed by atoms with E-state index in [9.17, 15) is 14.4 Å². The summed E-state index contributed by atoms with van der Waals surface area (Å²) in [5.41, 5.74) is 1.83. The van der Waals surface area contributed by atoms with Crippen molar-refractivity contribution >= 4 is 40.0 Å². The number of amides is 2. The molecule has 0 radical (unpaired) electrons. The van der Waals surface area contributed by atoms with Gasteiger partial charge in [-0.15, -0.1) is 0 Å². The summed E-state index contributed by atoms with van der Waals surface area (Å²) in [6.45, 7) is 1.80. The lowest BCUT2D eigenvalue weighted by molar-refractivity contribution is -0.113. The van der Waals surface area contributed by atoms with Crippen molar-refractivity contribution in [3.63, 3.8) is 0 Å². The lowest BCUT2D eigenvalue weighted by Gasteiger charge is -2.43. The smallest absolute Gasteiger partial charge is 0.274 e. The van der Waals surface area contributed by atoms with Gasteiger partial charge in [0, 0.05) is 36.8 Å². The maximum absolute atomic E-state index is 13.3. The van der Waals surface area contributed by atoms with Crippen LogP contribution in [0.5, 0.6) is 0 Å². The third kappa shape index (κ3) is 3.81. The van der Waals surface area contributed by atoms with Crippen molar-refractivity contribution in [2.24, 2.45) is 5.92 Å². The molecule has 3 aromatic rings. The van der Waals surface area contributed by atoms with Crippen LogP contribution in [0.15, 0.2) is 59.4 Å². The van der Waals surface area contributed by atoms with Gasteiger partial charge in [-0.1, -0.05) is 30.3 Å². The Hall–Kier alpha value is -3.06. The minimum Gasteiger partial charge on any atom is -0.338 e. The van der Waals surface area contributed by atoms with E-state index in [1.165, 1.54) is 11.8 Å². The maximum Gasteiger partial charge on any atom is 0.274 e. The predicted octanol–water partition coefficient (Wildman–Crippen LogP) is 3.56. The monoisotopic (exact) mass is 447 g/mol. The number of thioether (sulfide) groups is 1. The molecule has 0 spiro atoms. The number of anilines is 1. The number of likely N-dealkylation sites (tertiary alicyclic amines) is 1. The molecule has 0 unspecified atom stereocenters. The van der Waals surface area contributed by atoms with Gasteiger partial charge in [0.15, 0.2) is 0 Å². The first kappa shape index (κ1) is 20.8. The van der Waals surface area contributed by atoms with Gasteiger partial charge in [-0.05, 0) is 53.6 Å². The average Bonchev–Trinajstić information content (AvgIpc) is 2.80. The lowest BCUT2D eigenvalue weighted by Crippen LogP contribution is -2.49. The Bertz CT molecular complexity index is 1270. The molecule has 0 aliphatic carbocycles. The molecule has 0 saturated carbocycles. The molecule has 3 heterocycles. The molecule has 1 aromatic heterocycles. The van der Waals surface area contributed by atoms with Gasteiger partial charge in [0.2, 0.25) is 5.91 Å². The molecule has 2 aliphatic rings. The number of aromatic nitrogens is 1. The van der Waals surface area contributed by atoms with E-state index in [0.29, 0.717) is 36.6 Å². The summed E-state index contributed by atoms with van der Waals surface area (Å²) in [5, 5.41) is 4.91. The van der Waals surface area contributed by atoms with Crippen molar-refractivity contribution in [1.82, 2.24) is 9.47 Å². The van der Waals surface area contributed by atoms with E-state index in [1.54, 1.807) is 10.6 Å². The summed E-state index contributed by atoms with van der Waals surface area (Å²) in [6, 6.07) is 17.5. The van der Waals surface area contributed by atoms with Gasteiger partial charge in [-0.3, -0.25) is 14.4 Å². The molecule has 1 saturated heterocycles. The second-order valence-electron chi connectivity index (χ2n) is 8.64. The maximum atomic E-state index is 13.3. The van der Waals surface area contributed by atoms with E-state index < -0.39 is 0 Å². The number of piperidine rings is 1. The number of hydrogen-bond acceptors (Lipinski definition) is 4. The number of nitrogens with zero attached hydrogens (tertiary/aromatic N) is 2. The topological polar surface area (TPSA) is 71.4 Å². The highest BCUT2D eigenvalue weighted by atomic mass is 32.2. The number of pyridine rings is 1. The Morgan fingerprint density at radius 1 is 1.03 bits per heavy atom. The number of benzene rings is 2. The molecule has 2 atom stereocenters. The average molecular weight is 448 g/mol. The molecular weight excluding hydrogens is 422 g/mol. The molecule has 7 heteroatoms. The van der Waals surface area contributed by atoms with Crippen LogP contribution in [-0.4, -0.2) is 46.4 Å². The van der Waals surface area contributed by atoms with Crippen LogP contribution in [0, 0.1) is 5.92 Å². The minimum atomic E-state index is -0.168. The van der Waals surface area contributed by atoms with Crippen LogP contribution in [0.1, 0.15) is 28.4 Å². The molecule has 2 aromatic carbocycles. The van der Waals surface area contributed by atoms with Crippen LogP contribution >= 0.6 is 11.8 Å². The minimum absolute atomic E-state index is 0.0437. The summed E-state index contributed by atoms with van der Waals surface area (Å²) < 4.78 is 1.80. The third-order valence-corrected chi connectivity index (χ3v) is 6.99. The number of hydrogen-bond donors (Lipinski definition) is 1. The quantitative estimate of drug-likeness (QED) is 0.664. The fourth-order valence-corrected chi connectivity index (χ4v) is 5.36. The molecule has 2 amide bonds. The van der Waals surface area contributed by atoms with Gasteiger partial charge in [0.05, 0.1) is 5.75 Å². The first-order chi connectivity index (χ1) is 15.5. The largest absolute Gasteiger partial charge is 0.338 e. The van der Waals surface area contributed by atoms with Crippen LogP contribution in [0.4, 0.5) is 5.69 Å². The highest BCUT2D eigenvalue weighted by Gasteiger charge is 2.37. The second kappa shape index (κ2) is 8.47. The highest BCUT2D eigenvalue weighted by Crippen LogP contribution is 2.36. The Balaban J connectivity index is 1.39. The Morgan fingerprint density at radius 3 is 2.66 bits per heavy atom. The standard InChI is InChI=1S/C25H25N3O3S/c1-32-15-23(29)26-21-8-9-22-20-10-16(13-28(22)25(21)31)12-27(14-20)24(30)19-7-6-17-4-2-3-5-18(17)11-19/h2-9,11,16,20H,10,12-15H2,1H3,(H,26,29)/t16-,20-/m1/s1. The summed E-state index contributed by atoms with van der Waals surface area (Å²) >= 11 is 1.42. The van der Waals surface area contributed by atoms with Crippen molar-refractivity contribution < 1.29 is 9.59 Å². The molecular formula is C25H25N3O3S. The predicted molar refractivity (Wildman–Crippen MR) is 128 cm³/mol. The van der Waals surface area contributed by atoms with Crippen molar-refractivity contribution in [1.29, 1.82) is 0 Å². The Labute approximate surface area is 190 Å². The number of fused-ring (bicyclic) bond motifs is 5. The number of rotatable bonds is 4. The van der Waals surface area contributed by atoms with Crippen LogP contribution in [-0.2, 0) is 11.3 Å². The number of carbonyl (C=O) groups is 2. The van der Waals surface area contributed by atoms with Gasteiger partial charge < -0.3 is 14.8 Å². The van der Waals surface area contributed by atoms with E-state index >= 15 is 0 Å². The molecule has 164 valence electrons. The molecule has 1 fully saturated rings. The summed E-state index contributed by atoms with van der Waals surface area (Å²) in [5.74, 6) is 0.537. The molecule has 2 aliphatic heterocycles. The van der Waals surface area contributed by atoms with Crippen molar-refractivity contribution in [3.05, 3.63) is 76.2 Å². The molecule has 5 rings (SSSR count). The van der Waals surface area contributed by atoms with E-state index in [1.807, 2.05) is 59.7 Å². The van der Waals surface area contributed by atoms with Gasteiger partial charge in [0.25, 0.3) is 11.5 Å². The lowest BCUT2D eigenvalue weighted by atomic mass is 9.83. The van der Waals surface area contributed by atoms with Crippen LogP contribution in [0.25, 0.3) is 10.8 Å². The third-order valence-electron chi connectivity index (χ3n) is 6.44. The second-order valence-corrected chi connectivity index (χ2v) is 9.51. The van der Waals surface area contributed by atoms with Crippen LogP contribution in [0.2, 0.25) is 0 Å². The molecule has 32 heavy (non-hydrogen) atoms. The number of carbonyl (C=O) groups excluding carboxylic acids is 2. The van der Waals surface area contributed by atoms with E-state index in [0.717, 1.165) is 22.9 Å². The zero-order valence-electron chi connectivity index (χ0n) is 17.9. The zero-order valence-corrected chi connectivity index (χ0v) is 18.7. The zero-order chi connectivity index (χ0) is 22.2. The molecule has 1 N–H and O–H groups in total. The van der Waals surface area contributed by atoms with Gasteiger partial charge in [-0.25, -0.2) is 0 Å². The Morgan fingerprint density at radius 2 is 1.84 bits per heavy atom. The van der Waals surface area contributed by atoms with Crippen molar-refractivity contribution in [2.45, 2.75) is 18.9 Å². The van der Waals surface area contributed by atoms with Gasteiger partial charge in [-0.2, -0.15) is 11.8 Å². The molecule has 2 bridgehead atoms. The van der Waals surface area contributed by atoms with Crippen LogP contribution in [0.3, 0.4) is 0 Å². The summed E-state index contributed by atoms with van der Waals surface area (Å²) in [4.78, 5) is 40.2. The first-order valence-electron chi connectivity index (χ1n) is 10.8. The summed E-state index contributed by atoms with van der Waals surface area (Å²) in [6.07, 6.45) is 2.82. The fraction of sp³-hybridized carbons (Fsp3) is 0.320. The highest BCUT2D eigenvalue weighted by molar-refractivity contribution is 7.99. The number of nitrogens with one attached hydrogen (secondary N) is 1. The van der Waals surface area contributed by atoms with E-state index in [-0.39, 0.29) is 29.2 Å². The normalized spacial score (nSPS) is 19.5. The van der Waals surface area contributed by atoms with Crippen molar-refractivity contribution in [3.8, 4) is 0 Å².